The third-order valence-electron chi connectivity index (χ3n) is 4.35. The smallest absolute Gasteiger partial charge is 0.261 e. The average Bonchev–Trinajstić information content (AvgIpc) is 3.32. The number of aryl methyl sites for hydroxylation is 2. The van der Waals surface area contributed by atoms with Crippen LogP contribution in [0.1, 0.15) is 22.5 Å². The lowest BCUT2D eigenvalue weighted by Gasteiger charge is -2.10. The van der Waals surface area contributed by atoms with Gasteiger partial charge in [-0.15, -0.1) is 5.10 Å². The summed E-state index contributed by atoms with van der Waals surface area (Å²) in [6, 6.07) is 7.62. The number of nitrogens with one attached hydrogen (secondary N) is 2. The summed E-state index contributed by atoms with van der Waals surface area (Å²) < 4.78 is 11.0. The van der Waals surface area contributed by atoms with E-state index >= 15 is 0 Å². The summed E-state index contributed by atoms with van der Waals surface area (Å²) in [5.74, 6) is 2.23. The molecule has 0 unspecified atom stereocenters. The van der Waals surface area contributed by atoms with Crippen molar-refractivity contribution in [1.82, 2.24) is 20.5 Å². The molecule has 0 aliphatic carbocycles. The number of aromatic amines is 1. The Hall–Kier alpha value is -3.09. The fourth-order valence-corrected chi connectivity index (χ4v) is 2.83. The van der Waals surface area contributed by atoms with Gasteiger partial charge in [0, 0.05) is 6.42 Å². The minimum Gasteiger partial charge on any atom is -0.480 e. The molecule has 0 saturated carbocycles. The number of amides is 1. The standard InChI is InChI=1S/C18H18N4O3/c1-10-6-12-8-15(25-14(12)7-11(10)2)18(23)19-9-16-20-17(22-21-16)13-4-3-5-24-13/h3-7,15H,8-9H2,1-2H3,(H,19,23)(H,20,21,22)/t15-/m0/s1. The molecule has 1 amide bonds. The molecular weight excluding hydrogens is 320 g/mol. The maximum Gasteiger partial charge on any atom is 0.261 e. The molecule has 0 saturated heterocycles. The van der Waals surface area contributed by atoms with Crippen molar-refractivity contribution in [2.24, 2.45) is 0 Å². The minimum atomic E-state index is -0.510. The predicted molar refractivity (Wildman–Crippen MR) is 90.0 cm³/mol. The summed E-state index contributed by atoms with van der Waals surface area (Å²) in [5.41, 5.74) is 3.44. The molecule has 0 bridgehead atoms. The van der Waals surface area contributed by atoms with Crippen molar-refractivity contribution in [3.8, 4) is 17.3 Å². The molecule has 0 radical (unpaired) electrons. The van der Waals surface area contributed by atoms with Crippen molar-refractivity contribution in [2.45, 2.75) is 32.9 Å². The quantitative estimate of drug-likeness (QED) is 0.761. The molecule has 1 aliphatic heterocycles. The van der Waals surface area contributed by atoms with E-state index in [-0.39, 0.29) is 12.5 Å². The van der Waals surface area contributed by atoms with Crippen LogP contribution in [0.3, 0.4) is 0 Å². The van der Waals surface area contributed by atoms with Crippen LogP contribution in [-0.2, 0) is 17.8 Å². The molecule has 2 aromatic heterocycles. The number of aromatic nitrogens is 3. The molecule has 128 valence electrons. The molecule has 0 fully saturated rings. The maximum atomic E-state index is 12.4. The van der Waals surface area contributed by atoms with Crippen molar-refractivity contribution in [3.05, 3.63) is 53.0 Å². The minimum absolute atomic E-state index is 0.164. The van der Waals surface area contributed by atoms with Crippen LogP contribution in [0.2, 0.25) is 0 Å². The molecule has 1 atom stereocenters. The SMILES string of the molecule is Cc1cc2c(cc1C)O[C@H](C(=O)NCc1nc(-c3ccco3)n[nH]1)C2. The molecule has 3 heterocycles. The fraction of sp³-hybridized carbons (Fsp3) is 0.278. The topological polar surface area (TPSA) is 93.0 Å². The Morgan fingerprint density at radius 3 is 3.00 bits per heavy atom. The van der Waals surface area contributed by atoms with Crippen LogP contribution >= 0.6 is 0 Å². The third-order valence-corrected chi connectivity index (χ3v) is 4.35. The number of hydrogen-bond acceptors (Lipinski definition) is 5. The summed E-state index contributed by atoms with van der Waals surface area (Å²) in [4.78, 5) is 16.7. The van der Waals surface area contributed by atoms with Gasteiger partial charge in [-0.1, -0.05) is 6.07 Å². The predicted octanol–water partition coefficient (Wildman–Crippen LogP) is 2.30. The summed E-state index contributed by atoms with van der Waals surface area (Å²) in [6.07, 6.45) is 1.63. The van der Waals surface area contributed by atoms with Gasteiger partial charge >= 0.3 is 0 Å². The van der Waals surface area contributed by atoms with E-state index in [2.05, 4.69) is 33.5 Å². The van der Waals surface area contributed by atoms with E-state index in [9.17, 15) is 4.79 Å². The molecule has 1 aromatic carbocycles. The van der Waals surface area contributed by atoms with Crippen LogP contribution < -0.4 is 10.1 Å². The largest absolute Gasteiger partial charge is 0.480 e. The van der Waals surface area contributed by atoms with Crippen LogP contribution in [-0.4, -0.2) is 27.2 Å². The number of fused-ring (bicyclic) bond motifs is 1. The lowest BCUT2D eigenvalue weighted by atomic mass is 10.0. The van der Waals surface area contributed by atoms with Crippen molar-refractivity contribution >= 4 is 5.91 Å². The number of carbonyl (C=O) groups is 1. The first-order valence-corrected chi connectivity index (χ1v) is 8.10. The molecule has 2 N–H and O–H groups in total. The second-order valence-corrected chi connectivity index (χ2v) is 6.16. The number of H-pyrrole nitrogens is 1. The highest BCUT2D eigenvalue weighted by atomic mass is 16.5. The zero-order valence-electron chi connectivity index (χ0n) is 14.0. The van der Waals surface area contributed by atoms with Gasteiger partial charge in [-0.25, -0.2) is 4.98 Å². The van der Waals surface area contributed by atoms with E-state index in [0.717, 1.165) is 16.9 Å². The van der Waals surface area contributed by atoms with Gasteiger partial charge in [-0.2, -0.15) is 0 Å². The molecule has 25 heavy (non-hydrogen) atoms. The van der Waals surface area contributed by atoms with Crippen LogP contribution in [0.15, 0.2) is 34.9 Å². The summed E-state index contributed by atoms with van der Waals surface area (Å²) in [7, 11) is 0. The Morgan fingerprint density at radius 2 is 2.20 bits per heavy atom. The van der Waals surface area contributed by atoms with Gasteiger partial charge in [0.25, 0.3) is 5.91 Å². The van der Waals surface area contributed by atoms with E-state index < -0.39 is 6.10 Å². The van der Waals surface area contributed by atoms with Crippen molar-refractivity contribution in [1.29, 1.82) is 0 Å². The Bertz CT molecular complexity index is 884. The lowest BCUT2D eigenvalue weighted by Crippen LogP contribution is -2.37. The van der Waals surface area contributed by atoms with E-state index in [0.29, 0.717) is 23.8 Å². The molecule has 1 aliphatic rings. The maximum absolute atomic E-state index is 12.4. The Balaban J connectivity index is 1.37. The molecule has 7 nitrogen and oxygen atoms in total. The zero-order chi connectivity index (χ0) is 17.4. The lowest BCUT2D eigenvalue weighted by molar-refractivity contribution is -0.127. The van der Waals surface area contributed by atoms with E-state index in [1.54, 1.807) is 18.4 Å². The number of rotatable bonds is 4. The Kier molecular flexibility index (Phi) is 3.76. The van der Waals surface area contributed by atoms with Crippen molar-refractivity contribution in [2.75, 3.05) is 0 Å². The normalized spacial score (nSPS) is 15.7. The Labute approximate surface area is 144 Å². The van der Waals surface area contributed by atoms with Gasteiger partial charge in [0.2, 0.25) is 5.82 Å². The number of ether oxygens (including phenoxy) is 1. The Morgan fingerprint density at radius 1 is 1.36 bits per heavy atom. The molecular formula is C18H18N4O3. The molecule has 7 heteroatoms. The number of carbonyl (C=O) groups excluding carboxylic acids is 1. The highest BCUT2D eigenvalue weighted by Crippen LogP contribution is 2.31. The van der Waals surface area contributed by atoms with Gasteiger partial charge in [-0.05, 0) is 48.7 Å². The summed E-state index contributed by atoms with van der Waals surface area (Å²) in [6.45, 7) is 4.34. The van der Waals surface area contributed by atoms with Gasteiger partial charge in [-0.3, -0.25) is 9.89 Å². The summed E-state index contributed by atoms with van der Waals surface area (Å²) in [5, 5.41) is 9.70. The van der Waals surface area contributed by atoms with Crippen LogP contribution in [0.25, 0.3) is 11.6 Å². The molecule has 0 spiro atoms. The number of hydrogen-bond donors (Lipinski definition) is 2. The van der Waals surface area contributed by atoms with Crippen LogP contribution in [0.4, 0.5) is 0 Å². The second-order valence-electron chi connectivity index (χ2n) is 6.16. The second kappa shape index (κ2) is 6.08. The van der Waals surface area contributed by atoms with Gasteiger partial charge in [0.1, 0.15) is 11.6 Å². The van der Waals surface area contributed by atoms with Gasteiger partial charge in [0.05, 0.1) is 12.8 Å². The van der Waals surface area contributed by atoms with Crippen LogP contribution in [0, 0.1) is 13.8 Å². The molecule has 3 aromatic rings. The molecule has 4 rings (SSSR count). The highest BCUT2D eigenvalue weighted by molar-refractivity contribution is 5.82. The fourth-order valence-electron chi connectivity index (χ4n) is 2.83. The van der Waals surface area contributed by atoms with E-state index in [1.165, 1.54) is 5.56 Å². The third kappa shape index (κ3) is 3.00. The number of furan rings is 1. The van der Waals surface area contributed by atoms with Crippen molar-refractivity contribution < 1.29 is 13.9 Å². The highest BCUT2D eigenvalue weighted by Gasteiger charge is 2.29. The van der Waals surface area contributed by atoms with E-state index in [1.807, 2.05) is 13.0 Å². The first-order chi connectivity index (χ1) is 12.1. The summed E-state index contributed by atoms with van der Waals surface area (Å²) >= 11 is 0. The average molecular weight is 338 g/mol. The number of nitrogens with zero attached hydrogens (tertiary/aromatic N) is 2. The van der Waals surface area contributed by atoms with E-state index in [4.69, 9.17) is 9.15 Å². The zero-order valence-corrected chi connectivity index (χ0v) is 14.0. The monoisotopic (exact) mass is 338 g/mol. The van der Waals surface area contributed by atoms with Gasteiger partial charge in [0.15, 0.2) is 11.9 Å². The van der Waals surface area contributed by atoms with Crippen LogP contribution in [0.5, 0.6) is 5.75 Å². The first kappa shape index (κ1) is 15.4. The van der Waals surface area contributed by atoms with Crippen molar-refractivity contribution in [3.63, 3.8) is 0 Å². The van der Waals surface area contributed by atoms with Gasteiger partial charge < -0.3 is 14.5 Å². The first-order valence-electron chi connectivity index (χ1n) is 8.10. The number of benzene rings is 1.